The van der Waals surface area contributed by atoms with Crippen molar-refractivity contribution >= 4 is 28.4 Å². The number of H-pyrrole nitrogens is 1. The molecule has 24 heavy (non-hydrogen) atoms. The number of rotatable bonds is 2. The zero-order valence-electron chi connectivity index (χ0n) is 14.0. The minimum atomic E-state index is -0.152. The summed E-state index contributed by atoms with van der Waals surface area (Å²) in [5.74, 6) is 2.65. The van der Waals surface area contributed by atoms with Crippen LogP contribution in [-0.4, -0.2) is 24.3 Å². The van der Waals surface area contributed by atoms with Crippen molar-refractivity contribution in [2.24, 2.45) is 5.41 Å². The summed E-state index contributed by atoms with van der Waals surface area (Å²) in [6.45, 7) is 1.99. The van der Waals surface area contributed by atoms with E-state index in [1.165, 1.54) is 37.0 Å². The number of aromatic nitrogens is 1. The van der Waals surface area contributed by atoms with Crippen molar-refractivity contribution in [2.45, 2.75) is 37.0 Å². The number of aromatic amines is 1. The van der Waals surface area contributed by atoms with Crippen LogP contribution in [0.2, 0.25) is 0 Å². The summed E-state index contributed by atoms with van der Waals surface area (Å²) in [5, 5.41) is 1.07. The first kappa shape index (κ1) is 15.7. The number of fused-ring (bicyclic) bond motifs is 1. The van der Waals surface area contributed by atoms with E-state index in [9.17, 15) is 4.79 Å². The molecule has 0 amide bonds. The third-order valence-electron chi connectivity index (χ3n) is 5.89. The number of hydrogen-bond acceptors (Lipinski definition) is 3. The van der Waals surface area contributed by atoms with Gasteiger partial charge >= 0.3 is 0 Å². The molecule has 0 atom stereocenters. The Kier molecular flexibility index (Phi) is 3.85. The summed E-state index contributed by atoms with van der Waals surface area (Å²) >= 11 is 1.71. The molecular formula is C20H22N2OS. The van der Waals surface area contributed by atoms with Gasteiger partial charge in [-0.25, -0.2) is 0 Å². The van der Waals surface area contributed by atoms with Crippen molar-refractivity contribution in [1.82, 2.24) is 4.98 Å². The van der Waals surface area contributed by atoms with E-state index in [-0.39, 0.29) is 5.56 Å². The highest BCUT2D eigenvalue weighted by Gasteiger charge is 2.40. The minimum Gasteiger partial charge on any atom is -0.370 e. The molecule has 2 heterocycles. The van der Waals surface area contributed by atoms with Crippen LogP contribution < -0.4 is 10.5 Å². The van der Waals surface area contributed by atoms with Crippen molar-refractivity contribution < 1.29 is 0 Å². The lowest BCUT2D eigenvalue weighted by atomic mass is 9.63. The van der Waals surface area contributed by atoms with Gasteiger partial charge in [-0.1, -0.05) is 12.3 Å². The molecule has 0 unspecified atom stereocenters. The number of nitrogens with zero attached hydrogens (tertiary/aromatic N) is 1. The molecule has 0 bridgehead atoms. The Hall–Kier alpha value is -1.86. The van der Waals surface area contributed by atoms with Gasteiger partial charge in [0.25, 0.3) is 5.56 Å². The van der Waals surface area contributed by atoms with Gasteiger partial charge < -0.3 is 9.88 Å². The molecule has 4 rings (SSSR count). The average Bonchev–Trinajstić information content (AvgIpc) is 2.59. The Morgan fingerprint density at radius 3 is 2.58 bits per heavy atom. The van der Waals surface area contributed by atoms with E-state index in [0.29, 0.717) is 11.0 Å². The molecule has 1 aliphatic carbocycles. The maximum absolute atomic E-state index is 12.4. The SMILES string of the molecule is C#Cc1c(N2CCC3(CCC3)CC2)c2cc(SC)ccc2[nH]c1=O. The van der Waals surface area contributed by atoms with Gasteiger partial charge in [0.15, 0.2) is 0 Å². The summed E-state index contributed by atoms with van der Waals surface area (Å²) < 4.78 is 0. The van der Waals surface area contributed by atoms with Crippen molar-refractivity contribution in [2.75, 3.05) is 24.2 Å². The van der Waals surface area contributed by atoms with E-state index in [4.69, 9.17) is 6.42 Å². The van der Waals surface area contributed by atoms with Gasteiger partial charge in [0.1, 0.15) is 5.56 Å². The maximum atomic E-state index is 12.4. The first-order chi connectivity index (χ1) is 11.7. The number of terminal acetylenes is 1. The number of benzene rings is 1. The first-order valence-corrected chi connectivity index (χ1v) is 9.84. The third kappa shape index (κ3) is 2.43. The van der Waals surface area contributed by atoms with Crippen LogP contribution in [0, 0.1) is 17.8 Å². The smallest absolute Gasteiger partial charge is 0.266 e. The molecule has 4 heteroatoms. The van der Waals surface area contributed by atoms with Gasteiger partial charge in [-0.3, -0.25) is 4.79 Å². The van der Waals surface area contributed by atoms with Crippen LogP contribution in [-0.2, 0) is 0 Å². The van der Waals surface area contributed by atoms with E-state index < -0.39 is 0 Å². The molecule has 1 saturated heterocycles. The standard InChI is InChI=1S/C20H22N2OS/c1-3-15-18(22-11-9-20(10-12-22)7-4-8-20)16-13-14(24-2)5-6-17(16)21-19(15)23/h1,5-6,13H,4,7-12H2,2H3,(H,21,23). The van der Waals surface area contributed by atoms with Crippen molar-refractivity contribution in [3.8, 4) is 12.3 Å². The van der Waals surface area contributed by atoms with Gasteiger partial charge in [0.2, 0.25) is 0 Å². The van der Waals surface area contributed by atoms with Gasteiger partial charge in [0.05, 0.1) is 11.2 Å². The van der Waals surface area contributed by atoms with Gasteiger partial charge in [-0.05, 0) is 55.6 Å². The summed E-state index contributed by atoms with van der Waals surface area (Å²) in [4.78, 5) is 18.9. The molecule has 2 aliphatic rings. The lowest BCUT2D eigenvalue weighted by Gasteiger charge is -2.48. The Bertz CT molecular complexity index is 879. The molecule has 1 spiro atoms. The fourth-order valence-electron chi connectivity index (χ4n) is 4.23. The monoisotopic (exact) mass is 338 g/mol. The number of hydrogen-bond donors (Lipinski definition) is 1. The molecule has 0 radical (unpaired) electrons. The van der Waals surface area contributed by atoms with Crippen LogP contribution in [0.5, 0.6) is 0 Å². The molecular weight excluding hydrogens is 316 g/mol. The largest absolute Gasteiger partial charge is 0.370 e. The summed E-state index contributed by atoms with van der Waals surface area (Å²) in [7, 11) is 0. The van der Waals surface area contributed by atoms with Crippen LogP contribution >= 0.6 is 11.8 Å². The highest BCUT2D eigenvalue weighted by atomic mass is 32.2. The second-order valence-corrected chi connectivity index (χ2v) is 7.95. The fraction of sp³-hybridized carbons (Fsp3) is 0.450. The number of thioether (sulfide) groups is 1. The lowest BCUT2D eigenvalue weighted by molar-refractivity contribution is 0.0956. The predicted octanol–water partition coefficient (Wildman–Crippen LogP) is 4.00. The predicted molar refractivity (Wildman–Crippen MR) is 102 cm³/mol. The second-order valence-electron chi connectivity index (χ2n) is 7.07. The molecule has 1 saturated carbocycles. The number of piperidine rings is 1. The summed E-state index contributed by atoms with van der Waals surface area (Å²) in [6.07, 6.45) is 14.3. The lowest BCUT2D eigenvalue weighted by Crippen LogP contribution is -2.44. The van der Waals surface area contributed by atoms with E-state index in [2.05, 4.69) is 28.1 Å². The van der Waals surface area contributed by atoms with E-state index in [0.717, 1.165) is 29.7 Å². The van der Waals surface area contributed by atoms with Crippen molar-refractivity contribution in [3.05, 3.63) is 34.1 Å². The maximum Gasteiger partial charge on any atom is 0.266 e. The van der Waals surface area contributed by atoms with Gasteiger partial charge in [-0.15, -0.1) is 18.2 Å². The highest BCUT2D eigenvalue weighted by Crippen LogP contribution is 2.49. The highest BCUT2D eigenvalue weighted by molar-refractivity contribution is 7.98. The quantitative estimate of drug-likeness (QED) is 0.664. The Balaban J connectivity index is 1.83. The minimum absolute atomic E-state index is 0.152. The zero-order chi connectivity index (χ0) is 16.7. The Morgan fingerprint density at radius 1 is 1.25 bits per heavy atom. The van der Waals surface area contributed by atoms with Crippen LogP contribution in [0.3, 0.4) is 0 Å². The third-order valence-corrected chi connectivity index (χ3v) is 6.62. The van der Waals surface area contributed by atoms with E-state index in [1.807, 2.05) is 12.1 Å². The fourth-order valence-corrected chi connectivity index (χ4v) is 4.67. The summed E-state index contributed by atoms with van der Waals surface area (Å²) in [5.41, 5.74) is 2.73. The Morgan fingerprint density at radius 2 is 2.00 bits per heavy atom. The van der Waals surface area contributed by atoms with E-state index >= 15 is 0 Å². The van der Waals surface area contributed by atoms with Gasteiger partial charge in [-0.2, -0.15) is 0 Å². The molecule has 3 nitrogen and oxygen atoms in total. The molecule has 1 aromatic carbocycles. The summed E-state index contributed by atoms with van der Waals surface area (Å²) in [6, 6.07) is 6.19. The molecule has 1 N–H and O–H groups in total. The van der Waals surface area contributed by atoms with Crippen LogP contribution in [0.15, 0.2) is 27.9 Å². The molecule has 1 aliphatic heterocycles. The topological polar surface area (TPSA) is 36.1 Å². The number of pyridine rings is 1. The van der Waals surface area contributed by atoms with Gasteiger partial charge in [0, 0.05) is 23.4 Å². The average molecular weight is 338 g/mol. The van der Waals surface area contributed by atoms with Crippen LogP contribution in [0.1, 0.15) is 37.7 Å². The van der Waals surface area contributed by atoms with Crippen LogP contribution in [0.4, 0.5) is 5.69 Å². The number of nitrogens with one attached hydrogen (secondary N) is 1. The number of anilines is 1. The Labute approximate surface area is 146 Å². The normalized spacial score (nSPS) is 19.2. The second kappa shape index (κ2) is 5.89. The molecule has 1 aromatic heterocycles. The zero-order valence-corrected chi connectivity index (χ0v) is 14.8. The first-order valence-electron chi connectivity index (χ1n) is 8.61. The van der Waals surface area contributed by atoms with Crippen molar-refractivity contribution in [3.63, 3.8) is 0 Å². The van der Waals surface area contributed by atoms with E-state index in [1.54, 1.807) is 11.8 Å². The molecule has 2 fully saturated rings. The van der Waals surface area contributed by atoms with Crippen LogP contribution in [0.25, 0.3) is 10.9 Å². The molecule has 124 valence electrons. The van der Waals surface area contributed by atoms with Crippen molar-refractivity contribution in [1.29, 1.82) is 0 Å². The molecule has 2 aromatic rings.